The molecule has 0 radical (unpaired) electrons. The van der Waals surface area contributed by atoms with Crippen molar-refractivity contribution in [2.45, 2.75) is 13.5 Å². The molecule has 0 saturated carbocycles. The van der Waals surface area contributed by atoms with Gasteiger partial charge in [0.1, 0.15) is 5.69 Å². The maximum absolute atomic E-state index is 12.0. The standard InChI is InChI=1S/C13H12N4OS/c1-9-8-19-13-16-11(7-17(9)13)12(18)15-6-10-4-2-3-5-14-10/h2-5,7-8H,6H2,1H3,(H,15,18). The van der Waals surface area contributed by atoms with Gasteiger partial charge in [0.25, 0.3) is 5.91 Å². The number of thiazole rings is 1. The second kappa shape index (κ2) is 4.81. The lowest BCUT2D eigenvalue weighted by Crippen LogP contribution is -2.23. The highest BCUT2D eigenvalue weighted by atomic mass is 32.1. The van der Waals surface area contributed by atoms with E-state index in [0.717, 1.165) is 16.3 Å². The van der Waals surface area contributed by atoms with Crippen molar-refractivity contribution < 1.29 is 4.79 Å². The molecule has 19 heavy (non-hydrogen) atoms. The molecule has 6 heteroatoms. The van der Waals surface area contributed by atoms with Crippen LogP contribution in [0.1, 0.15) is 21.9 Å². The molecule has 0 aliphatic carbocycles. The van der Waals surface area contributed by atoms with Crippen LogP contribution >= 0.6 is 11.3 Å². The Morgan fingerprint density at radius 1 is 1.47 bits per heavy atom. The topological polar surface area (TPSA) is 59.3 Å². The summed E-state index contributed by atoms with van der Waals surface area (Å²) in [5.41, 5.74) is 2.34. The van der Waals surface area contributed by atoms with Crippen LogP contribution < -0.4 is 5.32 Å². The van der Waals surface area contributed by atoms with Crippen molar-refractivity contribution >= 4 is 22.2 Å². The number of rotatable bonds is 3. The van der Waals surface area contributed by atoms with E-state index in [4.69, 9.17) is 0 Å². The maximum atomic E-state index is 12.0. The second-order valence-electron chi connectivity index (χ2n) is 4.16. The van der Waals surface area contributed by atoms with Crippen molar-refractivity contribution in [3.05, 3.63) is 53.1 Å². The number of carbonyl (C=O) groups excluding carboxylic acids is 1. The first-order valence-electron chi connectivity index (χ1n) is 5.85. The number of aromatic nitrogens is 3. The number of pyridine rings is 1. The van der Waals surface area contributed by atoms with Crippen molar-refractivity contribution in [2.24, 2.45) is 0 Å². The monoisotopic (exact) mass is 272 g/mol. The summed E-state index contributed by atoms with van der Waals surface area (Å²) in [6.45, 7) is 2.39. The predicted molar refractivity (Wildman–Crippen MR) is 73.2 cm³/mol. The zero-order valence-corrected chi connectivity index (χ0v) is 11.1. The molecule has 0 aromatic carbocycles. The van der Waals surface area contributed by atoms with Crippen LogP contribution in [0.25, 0.3) is 4.96 Å². The highest BCUT2D eigenvalue weighted by Crippen LogP contribution is 2.15. The van der Waals surface area contributed by atoms with Gasteiger partial charge in [-0.1, -0.05) is 6.07 Å². The van der Waals surface area contributed by atoms with Crippen LogP contribution in [-0.4, -0.2) is 20.3 Å². The Morgan fingerprint density at radius 2 is 2.37 bits per heavy atom. The second-order valence-corrected chi connectivity index (χ2v) is 5.00. The van der Waals surface area contributed by atoms with Gasteiger partial charge in [-0.3, -0.25) is 14.2 Å². The quantitative estimate of drug-likeness (QED) is 0.793. The van der Waals surface area contributed by atoms with E-state index in [-0.39, 0.29) is 5.91 Å². The largest absolute Gasteiger partial charge is 0.345 e. The number of hydrogen-bond acceptors (Lipinski definition) is 4. The number of amides is 1. The average Bonchev–Trinajstić information content (AvgIpc) is 3.00. The summed E-state index contributed by atoms with van der Waals surface area (Å²) < 4.78 is 1.92. The van der Waals surface area contributed by atoms with E-state index < -0.39 is 0 Å². The fraction of sp³-hybridized carbons (Fsp3) is 0.154. The summed E-state index contributed by atoms with van der Waals surface area (Å²) in [4.78, 5) is 21.3. The van der Waals surface area contributed by atoms with Crippen molar-refractivity contribution in [3.8, 4) is 0 Å². The average molecular weight is 272 g/mol. The summed E-state index contributed by atoms with van der Waals surface area (Å²) >= 11 is 1.53. The predicted octanol–water partition coefficient (Wildman–Crippen LogP) is 2.03. The summed E-state index contributed by atoms with van der Waals surface area (Å²) in [7, 11) is 0. The zero-order valence-electron chi connectivity index (χ0n) is 10.3. The molecule has 0 aliphatic heterocycles. The molecular weight excluding hydrogens is 260 g/mol. The van der Waals surface area contributed by atoms with E-state index in [1.807, 2.05) is 34.9 Å². The van der Waals surface area contributed by atoms with E-state index in [0.29, 0.717) is 12.2 Å². The molecule has 0 fully saturated rings. The third-order valence-corrected chi connectivity index (χ3v) is 3.74. The van der Waals surface area contributed by atoms with Crippen LogP contribution in [-0.2, 0) is 6.54 Å². The maximum Gasteiger partial charge on any atom is 0.271 e. The Morgan fingerprint density at radius 3 is 3.11 bits per heavy atom. The van der Waals surface area contributed by atoms with Crippen LogP contribution in [0.15, 0.2) is 36.0 Å². The van der Waals surface area contributed by atoms with Crippen LogP contribution in [0.5, 0.6) is 0 Å². The molecule has 3 rings (SSSR count). The molecular formula is C13H12N4OS. The Labute approximate surface area is 113 Å². The van der Waals surface area contributed by atoms with Gasteiger partial charge in [-0.15, -0.1) is 11.3 Å². The molecule has 0 aliphatic rings. The van der Waals surface area contributed by atoms with Crippen LogP contribution in [0, 0.1) is 6.92 Å². The van der Waals surface area contributed by atoms with Gasteiger partial charge in [0, 0.05) is 23.5 Å². The minimum atomic E-state index is -0.180. The van der Waals surface area contributed by atoms with Crippen molar-refractivity contribution in [2.75, 3.05) is 0 Å². The molecule has 0 bridgehead atoms. The third-order valence-electron chi connectivity index (χ3n) is 2.78. The van der Waals surface area contributed by atoms with Crippen molar-refractivity contribution in [3.63, 3.8) is 0 Å². The van der Waals surface area contributed by atoms with Crippen molar-refractivity contribution in [1.82, 2.24) is 19.7 Å². The van der Waals surface area contributed by atoms with E-state index >= 15 is 0 Å². The van der Waals surface area contributed by atoms with Crippen LogP contribution in [0.3, 0.4) is 0 Å². The number of aryl methyl sites for hydroxylation is 1. The number of imidazole rings is 1. The Balaban J connectivity index is 1.73. The van der Waals surface area contributed by atoms with Gasteiger partial charge < -0.3 is 5.32 Å². The molecule has 3 aromatic heterocycles. The first kappa shape index (κ1) is 11.9. The van der Waals surface area contributed by atoms with Gasteiger partial charge >= 0.3 is 0 Å². The highest BCUT2D eigenvalue weighted by molar-refractivity contribution is 7.15. The van der Waals surface area contributed by atoms with Crippen LogP contribution in [0.2, 0.25) is 0 Å². The lowest BCUT2D eigenvalue weighted by Gasteiger charge is -2.01. The van der Waals surface area contributed by atoms with Crippen LogP contribution in [0.4, 0.5) is 0 Å². The molecule has 96 valence electrons. The minimum Gasteiger partial charge on any atom is -0.345 e. The summed E-state index contributed by atoms with van der Waals surface area (Å²) in [6, 6.07) is 5.61. The smallest absolute Gasteiger partial charge is 0.271 e. The number of carbonyl (C=O) groups is 1. The molecule has 1 N–H and O–H groups in total. The van der Waals surface area contributed by atoms with Gasteiger partial charge in [0.2, 0.25) is 0 Å². The molecule has 3 aromatic rings. The Hall–Kier alpha value is -2.21. The molecule has 0 saturated heterocycles. The molecule has 5 nitrogen and oxygen atoms in total. The van der Waals surface area contributed by atoms with E-state index in [2.05, 4.69) is 15.3 Å². The molecule has 0 atom stereocenters. The molecule has 0 unspecified atom stereocenters. The van der Waals surface area contributed by atoms with E-state index in [9.17, 15) is 4.79 Å². The zero-order chi connectivity index (χ0) is 13.2. The van der Waals surface area contributed by atoms with Gasteiger partial charge in [-0.25, -0.2) is 4.98 Å². The molecule has 0 spiro atoms. The SMILES string of the molecule is Cc1csc2nc(C(=O)NCc3ccccn3)cn12. The Kier molecular flexibility index (Phi) is 3.00. The van der Waals surface area contributed by atoms with Gasteiger partial charge in [0.05, 0.1) is 12.2 Å². The molecule has 3 heterocycles. The fourth-order valence-corrected chi connectivity index (χ4v) is 2.62. The van der Waals surface area contributed by atoms with Gasteiger partial charge in [-0.2, -0.15) is 0 Å². The number of nitrogens with one attached hydrogen (secondary N) is 1. The first-order valence-corrected chi connectivity index (χ1v) is 6.73. The number of hydrogen-bond donors (Lipinski definition) is 1. The lowest BCUT2D eigenvalue weighted by molar-refractivity contribution is 0.0946. The van der Waals surface area contributed by atoms with Crippen molar-refractivity contribution in [1.29, 1.82) is 0 Å². The van der Waals surface area contributed by atoms with E-state index in [1.54, 1.807) is 12.4 Å². The van der Waals surface area contributed by atoms with Gasteiger partial charge in [-0.05, 0) is 19.1 Å². The first-order chi connectivity index (χ1) is 9.24. The Bertz CT molecular complexity index is 717. The highest BCUT2D eigenvalue weighted by Gasteiger charge is 2.12. The fourth-order valence-electron chi connectivity index (χ4n) is 1.77. The van der Waals surface area contributed by atoms with Gasteiger partial charge in [0.15, 0.2) is 4.96 Å². The third kappa shape index (κ3) is 2.34. The molecule has 1 amide bonds. The summed E-state index contributed by atoms with van der Waals surface area (Å²) in [6.07, 6.45) is 3.46. The summed E-state index contributed by atoms with van der Waals surface area (Å²) in [5.74, 6) is -0.180. The van der Waals surface area contributed by atoms with E-state index in [1.165, 1.54) is 11.3 Å². The minimum absolute atomic E-state index is 0.180. The number of fused-ring (bicyclic) bond motifs is 1. The summed E-state index contributed by atoms with van der Waals surface area (Å²) in [5, 5.41) is 4.82. The number of nitrogens with zero attached hydrogens (tertiary/aromatic N) is 3. The normalized spacial score (nSPS) is 10.8. The lowest BCUT2D eigenvalue weighted by atomic mass is 10.3.